The van der Waals surface area contributed by atoms with Crippen LogP contribution in [0.15, 0.2) is 69.7 Å². The minimum atomic E-state index is -1.33. The molecule has 148 valence electrons. The van der Waals surface area contributed by atoms with E-state index in [1.165, 1.54) is 4.90 Å². The number of imidazole rings is 1. The first-order chi connectivity index (χ1) is 14.0. The topological polar surface area (TPSA) is 67.9 Å². The summed E-state index contributed by atoms with van der Waals surface area (Å²) in [4.78, 5) is 14.5. The lowest BCUT2D eigenvalue weighted by atomic mass is 10.2. The zero-order valence-corrected chi connectivity index (χ0v) is 18.1. The Labute approximate surface area is 176 Å². The van der Waals surface area contributed by atoms with Gasteiger partial charge >= 0.3 is 0 Å². The third-order valence-electron chi connectivity index (χ3n) is 4.66. The van der Waals surface area contributed by atoms with Gasteiger partial charge in [-0.2, -0.15) is 0 Å². The Bertz CT molecular complexity index is 1190. The number of hydrogen-bond donors (Lipinski definition) is 1. The summed E-state index contributed by atoms with van der Waals surface area (Å²) >= 11 is 1.71. The number of rotatable bonds is 6. The Morgan fingerprint density at radius 3 is 2.69 bits per heavy atom. The summed E-state index contributed by atoms with van der Waals surface area (Å²) in [5.74, 6) is 1.04. The molecule has 0 radical (unpaired) electrons. The zero-order valence-electron chi connectivity index (χ0n) is 16.4. The number of nitrogens with one attached hydrogen (secondary N) is 1. The minimum Gasteiger partial charge on any atom is -0.497 e. The highest BCUT2D eigenvalue weighted by atomic mass is 32.2. The van der Waals surface area contributed by atoms with Crippen molar-refractivity contribution in [3.05, 3.63) is 71.5 Å². The number of aryl methyl sites for hydroxylation is 1. The number of methoxy groups -OCH3 is 1. The lowest BCUT2D eigenvalue weighted by molar-refractivity contribution is 0.415. The van der Waals surface area contributed by atoms with Gasteiger partial charge in [-0.1, -0.05) is 30.0 Å². The summed E-state index contributed by atoms with van der Waals surface area (Å²) in [6.07, 6.45) is 1.86. The van der Waals surface area contributed by atoms with Crippen LogP contribution in [0.3, 0.4) is 0 Å². The quantitative estimate of drug-likeness (QED) is 0.470. The van der Waals surface area contributed by atoms with Crippen LogP contribution in [0.4, 0.5) is 0 Å². The van der Waals surface area contributed by atoms with Gasteiger partial charge in [-0.15, -0.1) is 0 Å². The fraction of sp³-hybridized carbons (Fsp3) is 0.182. The van der Waals surface area contributed by atoms with E-state index in [0.29, 0.717) is 10.9 Å². The van der Waals surface area contributed by atoms with Crippen molar-refractivity contribution in [2.45, 2.75) is 34.5 Å². The number of nitrogens with zero attached hydrogens (tertiary/aromatic N) is 2. The molecule has 0 spiro atoms. The largest absolute Gasteiger partial charge is 0.497 e. The normalized spacial score (nSPS) is 12.2. The molecule has 0 fully saturated rings. The minimum absolute atomic E-state index is 0.311. The third kappa shape index (κ3) is 4.21. The summed E-state index contributed by atoms with van der Waals surface area (Å²) in [6.45, 7) is 4.10. The average molecular weight is 424 g/mol. The molecule has 1 N–H and O–H groups in total. The van der Waals surface area contributed by atoms with Crippen LogP contribution in [-0.2, 0) is 16.6 Å². The molecule has 4 aromatic rings. The highest BCUT2D eigenvalue weighted by Gasteiger charge is 2.16. The molecule has 0 saturated heterocycles. The first-order valence-electron chi connectivity index (χ1n) is 9.15. The average Bonchev–Trinajstić information content (AvgIpc) is 3.17. The summed E-state index contributed by atoms with van der Waals surface area (Å²) in [5.41, 5.74) is 4.57. The second kappa shape index (κ2) is 8.39. The van der Waals surface area contributed by atoms with Crippen LogP contribution in [0.25, 0.3) is 11.0 Å². The van der Waals surface area contributed by atoms with E-state index in [9.17, 15) is 4.21 Å². The van der Waals surface area contributed by atoms with Gasteiger partial charge in [0.05, 0.1) is 40.4 Å². The van der Waals surface area contributed by atoms with E-state index in [0.717, 1.165) is 38.5 Å². The molecule has 29 heavy (non-hydrogen) atoms. The van der Waals surface area contributed by atoms with Crippen molar-refractivity contribution in [3.8, 4) is 5.75 Å². The molecule has 2 aromatic carbocycles. The molecular formula is C22H21N3O2S2. The van der Waals surface area contributed by atoms with Crippen LogP contribution in [0.5, 0.6) is 5.75 Å². The van der Waals surface area contributed by atoms with Crippen molar-refractivity contribution in [2.75, 3.05) is 7.11 Å². The fourth-order valence-electron chi connectivity index (χ4n) is 3.06. The van der Waals surface area contributed by atoms with Gasteiger partial charge in [-0.25, -0.2) is 4.98 Å². The third-order valence-corrected chi connectivity index (χ3v) is 7.16. The molecular weight excluding hydrogens is 402 g/mol. The molecule has 1 atom stereocenters. The molecule has 0 aliphatic carbocycles. The van der Waals surface area contributed by atoms with E-state index >= 15 is 0 Å². The summed E-state index contributed by atoms with van der Waals surface area (Å²) < 4.78 is 18.2. The van der Waals surface area contributed by atoms with Crippen LogP contribution >= 0.6 is 11.8 Å². The van der Waals surface area contributed by atoms with Crippen LogP contribution < -0.4 is 4.74 Å². The Morgan fingerprint density at radius 2 is 1.93 bits per heavy atom. The lowest BCUT2D eigenvalue weighted by Gasteiger charge is -2.12. The first-order valence-corrected chi connectivity index (χ1v) is 11.3. The van der Waals surface area contributed by atoms with Crippen molar-refractivity contribution in [2.24, 2.45) is 0 Å². The van der Waals surface area contributed by atoms with Gasteiger partial charge in [-0.05, 0) is 49.2 Å². The predicted octanol–water partition coefficient (Wildman–Crippen LogP) is 5.04. The van der Waals surface area contributed by atoms with Crippen LogP contribution in [0.1, 0.15) is 16.8 Å². The molecule has 0 aliphatic heterocycles. The smallest absolute Gasteiger partial charge is 0.197 e. The molecule has 0 amide bonds. The highest BCUT2D eigenvalue weighted by Crippen LogP contribution is 2.34. The monoisotopic (exact) mass is 423 g/mol. The van der Waals surface area contributed by atoms with Crippen molar-refractivity contribution < 1.29 is 8.95 Å². The molecule has 0 aliphatic rings. The van der Waals surface area contributed by atoms with E-state index < -0.39 is 10.8 Å². The highest BCUT2D eigenvalue weighted by molar-refractivity contribution is 7.99. The van der Waals surface area contributed by atoms with E-state index in [4.69, 9.17) is 4.74 Å². The maximum absolute atomic E-state index is 13.0. The van der Waals surface area contributed by atoms with Gasteiger partial charge < -0.3 is 9.72 Å². The number of aromatic amines is 1. The van der Waals surface area contributed by atoms with Crippen molar-refractivity contribution in [3.63, 3.8) is 0 Å². The molecule has 4 rings (SSSR count). The van der Waals surface area contributed by atoms with E-state index in [2.05, 4.69) is 34.0 Å². The maximum Gasteiger partial charge on any atom is 0.197 e. The second-order valence-electron chi connectivity index (χ2n) is 6.67. The van der Waals surface area contributed by atoms with Gasteiger partial charge in [0.1, 0.15) is 5.75 Å². The Kier molecular flexibility index (Phi) is 5.69. The van der Waals surface area contributed by atoms with Gasteiger partial charge in [0, 0.05) is 22.1 Å². The Morgan fingerprint density at radius 1 is 1.14 bits per heavy atom. The standard InChI is InChI=1S/C22H21N3O2S2/c1-14-12-23-20(15(2)21(14)28-17-7-5-4-6-8-17)13-29(26)22-24-18-10-9-16(27-3)11-19(18)25-22/h4-12H,13H2,1-3H3,(H,24,25). The molecule has 5 nitrogen and oxygen atoms in total. The van der Waals surface area contributed by atoms with Crippen LogP contribution in [0.2, 0.25) is 0 Å². The Hall–Kier alpha value is -2.64. The molecule has 7 heteroatoms. The maximum atomic E-state index is 13.0. The van der Waals surface area contributed by atoms with Gasteiger partial charge in [0.25, 0.3) is 0 Å². The number of ether oxygens (including phenoxy) is 1. The zero-order chi connectivity index (χ0) is 20.4. The molecule has 2 heterocycles. The predicted molar refractivity (Wildman–Crippen MR) is 117 cm³/mol. The summed E-state index contributed by atoms with van der Waals surface area (Å²) in [6, 6.07) is 15.8. The number of pyridine rings is 1. The lowest BCUT2D eigenvalue weighted by Crippen LogP contribution is -2.04. The molecule has 2 aromatic heterocycles. The second-order valence-corrected chi connectivity index (χ2v) is 9.12. The number of hydrogen-bond acceptors (Lipinski definition) is 5. The number of fused-ring (bicyclic) bond motifs is 1. The van der Waals surface area contributed by atoms with Gasteiger partial charge in [-0.3, -0.25) is 9.19 Å². The number of H-pyrrole nitrogens is 1. The first kappa shape index (κ1) is 19.7. The molecule has 0 saturated carbocycles. The van der Waals surface area contributed by atoms with Crippen LogP contribution in [-0.4, -0.2) is 26.3 Å². The summed E-state index contributed by atoms with van der Waals surface area (Å²) in [7, 11) is 0.292. The Balaban J connectivity index is 1.60. The number of aromatic nitrogens is 3. The van der Waals surface area contributed by atoms with Crippen molar-refractivity contribution >= 4 is 33.6 Å². The SMILES string of the molecule is COc1ccc2nc(S(=O)Cc3ncc(C)c(Sc4ccccc4)c3C)[nH]c2c1. The van der Waals surface area contributed by atoms with Gasteiger partial charge in [0.2, 0.25) is 0 Å². The van der Waals surface area contributed by atoms with Crippen molar-refractivity contribution in [1.82, 2.24) is 15.0 Å². The fourth-order valence-corrected chi connectivity index (χ4v) is 5.17. The molecule has 0 bridgehead atoms. The number of benzene rings is 2. The summed E-state index contributed by atoms with van der Waals surface area (Å²) in [5, 5.41) is 0.451. The van der Waals surface area contributed by atoms with E-state index in [1.54, 1.807) is 18.9 Å². The molecule has 1 unspecified atom stereocenters. The van der Waals surface area contributed by atoms with E-state index in [1.807, 2.05) is 49.5 Å². The van der Waals surface area contributed by atoms with Gasteiger partial charge in [0.15, 0.2) is 5.16 Å². The van der Waals surface area contributed by atoms with Crippen LogP contribution in [0, 0.1) is 13.8 Å². The van der Waals surface area contributed by atoms with Crippen molar-refractivity contribution in [1.29, 1.82) is 0 Å². The van der Waals surface area contributed by atoms with E-state index in [-0.39, 0.29) is 0 Å².